The lowest BCUT2D eigenvalue weighted by Gasteiger charge is -2.02. The molecule has 0 aliphatic carbocycles. The Morgan fingerprint density at radius 1 is 0.645 bits per heavy atom. The minimum Gasteiger partial charge on any atom is -0.481 e. The summed E-state index contributed by atoms with van der Waals surface area (Å²) in [5, 5.41) is 16.7. The van der Waals surface area contributed by atoms with Crippen LogP contribution in [-0.2, 0) is 9.59 Å². The van der Waals surface area contributed by atoms with E-state index in [1.54, 1.807) is 0 Å². The third-order valence-electron chi connectivity index (χ3n) is 4.78. The highest BCUT2D eigenvalue weighted by atomic mass is 16.4. The van der Waals surface area contributed by atoms with Crippen LogP contribution in [0.25, 0.3) is 0 Å². The Labute approximate surface area is 191 Å². The molecule has 0 saturated carbocycles. The SMILES string of the molecule is CC(C)CCCCCCC(=O)O.CC(C)CCCCCCC(=O)O.Cc1ccccc1. The lowest BCUT2D eigenvalue weighted by molar-refractivity contribution is -0.138. The Morgan fingerprint density at radius 2 is 1.00 bits per heavy atom. The van der Waals surface area contributed by atoms with Gasteiger partial charge in [-0.05, 0) is 31.6 Å². The smallest absolute Gasteiger partial charge is 0.303 e. The summed E-state index contributed by atoms with van der Waals surface area (Å²) in [5.41, 5.74) is 1.32. The van der Waals surface area contributed by atoms with Crippen LogP contribution in [0.15, 0.2) is 30.3 Å². The first kappa shape index (κ1) is 31.3. The van der Waals surface area contributed by atoms with Gasteiger partial charge in [0, 0.05) is 12.8 Å². The van der Waals surface area contributed by atoms with Crippen molar-refractivity contribution in [2.45, 2.75) is 112 Å². The van der Waals surface area contributed by atoms with E-state index >= 15 is 0 Å². The van der Waals surface area contributed by atoms with Crippen LogP contribution in [0, 0.1) is 18.8 Å². The van der Waals surface area contributed by atoms with E-state index in [4.69, 9.17) is 10.2 Å². The molecule has 1 rings (SSSR count). The molecule has 0 amide bonds. The van der Waals surface area contributed by atoms with Gasteiger partial charge < -0.3 is 10.2 Å². The average Bonchev–Trinajstić information content (AvgIpc) is 2.68. The van der Waals surface area contributed by atoms with Crippen LogP contribution in [0.2, 0.25) is 0 Å². The van der Waals surface area contributed by atoms with Gasteiger partial charge in [-0.15, -0.1) is 0 Å². The second-order valence-corrected chi connectivity index (χ2v) is 9.14. The molecule has 0 spiro atoms. The Hall–Kier alpha value is -1.84. The van der Waals surface area contributed by atoms with Crippen LogP contribution >= 0.6 is 0 Å². The van der Waals surface area contributed by atoms with Crippen molar-refractivity contribution in [3.05, 3.63) is 35.9 Å². The van der Waals surface area contributed by atoms with Crippen molar-refractivity contribution >= 4 is 11.9 Å². The highest BCUT2D eigenvalue weighted by molar-refractivity contribution is 5.66. The number of unbranched alkanes of at least 4 members (excludes halogenated alkanes) is 6. The van der Waals surface area contributed by atoms with E-state index < -0.39 is 11.9 Å². The number of hydrogen-bond donors (Lipinski definition) is 2. The molecule has 0 aromatic heterocycles. The number of aliphatic carboxylic acids is 2. The Balaban J connectivity index is 0. The molecule has 180 valence electrons. The van der Waals surface area contributed by atoms with Gasteiger partial charge in [0.25, 0.3) is 0 Å². The topological polar surface area (TPSA) is 74.6 Å². The first-order chi connectivity index (χ1) is 14.6. The fourth-order valence-electron chi connectivity index (χ4n) is 2.90. The zero-order chi connectivity index (χ0) is 23.9. The van der Waals surface area contributed by atoms with Gasteiger partial charge in [0.1, 0.15) is 0 Å². The van der Waals surface area contributed by atoms with Gasteiger partial charge in [0.2, 0.25) is 0 Å². The van der Waals surface area contributed by atoms with Gasteiger partial charge in [-0.3, -0.25) is 9.59 Å². The van der Waals surface area contributed by atoms with Crippen LogP contribution in [0.5, 0.6) is 0 Å². The van der Waals surface area contributed by atoms with Crippen LogP contribution in [0.1, 0.15) is 110 Å². The van der Waals surface area contributed by atoms with Crippen LogP contribution in [0.4, 0.5) is 0 Å². The highest BCUT2D eigenvalue weighted by Crippen LogP contribution is 2.11. The molecule has 0 heterocycles. The van der Waals surface area contributed by atoms with E-state index in [1.165, 1.54) is 44.1 Å². The molecule has 0 bridgehead atoms. The number of benzene rings is 1. The standard InChI is InChI=1S/2C10H20O2.C7H8/c2*1-9(2)7-5-3-4-6-8-10(11)12;1-7-5-3-2-4-6-7/h2*9H,3-8H2,1-2H3,(H,11,12);2-6H,1H3. The number of carboxylic acid groups (broad SMARTS) is 2. The van der Waals surface area contributed by atoms with Crippen molar-refractivity contribution in [2.24, 2.45) is 11.8 Å². The predicted octanol–water partition coefficient (Wildman–Crippen LogP) is 8.13. The van der Waals surface area contributed by atoms with E-state index in [1.807, 2.05) is 18.2 Å². The van der Waals surface area contributed by atoms with Gasteiger partial charge in [-0.25, -0.2) is 0 Å². The summed E-state index contributed by atoms with van der Waals surface area (Å²) >= 11 is 0. The molecule has 0 atom stereocenters. The number of carbonyl (C=O) groups is 2. The average molecular weight is 437 g/mol. The molecule has 0 saturated heterocycles. The van der Waals surface area contributed by atoms with Gasteiger partial charge >= 0.3 is 11.9 Å². The van der Waals surface area contributed by atoms with Crippen molar-refractivity contribution < 1.29 is 19.8 Å². The third kappa shape index (κ3) is 33.0. The molecule has 31 heavy (non-hydrogen) atoms. The van der Waals surface area contributed by atoms with E-state index in [2.05, 4.69) is 46.8 Å². The van der Waals surface area contributed by atoms with Gasteiger partial charge in [-0.2, -0.15) is 0 Å². The van der Waals surface area contributed by atoms with E-state index in [0.717, 1.165) is 37.5 Å². The summed E-state index contributed by atoms with van der Waals surface area (Å²) in [6, 6.07) is 10.3. The minimum absolute atomic E-state index is 0.335. The lowest BCUT2D eigenvalue weighted by atomic mass is 10.0. The summed E-state index contributed by atoms with van der Waals surface area (Å²) in [5.74, 6) is 0.228. The fourth-order valence-corrected chi connectivity index (χ4v) is 2.90. The molecule has 0 aliphatic rings. The molecule has 4 nitrogen and oxygen atoms in total. The largest absolute Gasteiger partial charge is 0.481 e. The predicted molar refractivity (Wildman–Crippen MR) is 132 cm³/mol. The molecule has 1 aromatic rings. The molecule has 0 fully saturated rings. The quantitative estimate of drug-likeness (QED) is 0.289. The van der Waals surface area contributed by atoms with Crippen LogP contribution in [-0.4, -0.2) is 22.2 Å². The first-order valence-corrected chi connectivity index (χ1v) is 12.1. The molecule has 0 aliphatic heterocycles. The van der Waals surface area contributed by atoms with E-state index in [0.29, 0.717) is 12.8 Å². The summed E-state index contributed by atoms with van der Waals surface area (Å²) in [7, 11) is 0. The number of hydrogen-bond acceptors (Lipinski definition) is 2. The third-order valence-corrected chi connectivity index (χ3v) is 4.78. The second kappa shape index (κ2) is 22.8. The van der Waals surface area contributed by atoms with Gasteiger partial charge in [-0.1, -0.05) is 115 Å². The molecular weight excluding hydrogens is 388 g/mol. The molecule has 0 radical (unpaired) electrons. The lowest BCUT2D eigenvalue weighted by Crippen LogP contribution is -1.94. The second-order valence-electron chi connectivity index (χ2n) is 9.14. The normalized spacial score (nSPS) is 10.2. The van der Waals surface area contributed by atoms with E-state index in [-0.39, 0.29) is 0 Å². The number of aryl methyl sites for hydroxylation is 1. The number of carboxylic acids is 2. The van der Waals surface area contributed by atoms with E-state index in [9.17, 15) is 9.59 Å². The van der Waals surface area contributed by atoms with Crippen molar-refractivity contribution in [2.75, 3.05) is 0 Å². The summed E-state index contributed by atoms with van der Waals surface area (Å²) < 4.78 is 0. The van der Waals surface area contributed by atoms with Gasteiger partial charge in [0.15, 0.2) is 0 Å². The maximum Gasteiger partial charge on any atom is 0.303 e. The maximum atomic E-state index is 10.1. The van der Waals surface area contributed by atoms with Crippen molar-refractivity contribution in [3.63, 3.8) is 0 Å². The van der Waals surface area contributed by atoms with Gasteiger partial charge in [0.05, 0.1) is 0 Å². The molecule has 4 heteroatoms. The molecular formula is C27H48O4. The molecule has 1 aromatic carbocycles. The van der Waals surface area contributed by atoms with Crippen molar-refractivity contribution in [1.82, 2.24) is 0 Å². The van der Waals surface area contributed by atoms with Crippen molar-refractivity contribution in [3.8, 4) is 0 Å². The summed E-state index contributed by atoms with van der Waals surface area (Å²) in [4.78, 5) is 20.3. The van der Waals surface area contributed by atoms with Crippen LogP contribution in [0.3, 0.4) is 0 Å². The fraction of sp³-hybridized carbons (Fsp3) is 0.704. The first-order valence-electron chi connectivity index (χ1n) is 12.1. The molecule has 2 N–H and O–H groups in total. The zero-order valence-corrected chi connectivity index (χ0v) is 20.7. The Morgan fingerprint density at radius 3 is 1.26 bits per heavy atom. The number of rotatable bonds is 14. The molecule has 0 unspecified atom stereocenters. The van der Waals surface area contributed by atoms with Crippen molar-refractivity contribution in [1.29, 1.82) is 0 Å². The zero-order valence-electron chi connectivity index (χ0n) is 20.7. The maximum absolute atomic E-state index is 10.1. The Bertz CT molecular complexity index is 493. The van der Waals surface area contributed by atoms with Crippen LogP contribution < -0.4 is 0 Å². The summed E-state index contributed by atoms with van der Waals surface area (Å²) in [6.07, 6.45) is 11.9. The summed E-state index contributed by atoms with van der Waals surface area (Å²) in [6.45, 7) is 11.0. The monoisotopic (exact) mass is 436 g/mol. The highest BCUT2D eigenvalue weighted by Gasteiger charge is 1.98. The minimum atomic E-state index is -0.668. The Kier molecular flexibility index (Phi) is 23.1.